The number of nitrogens with zero attached hydrogens (tertiary/aromatic N) is 2. The molecule has 1 amide bonds. The minimum absolute atomic E-state index is 0.114. The van der Waals surface area contributed by atoms with Crippen LogP contribution in [0, 0.1) is 0 Å². The van der Waals surface area contributed by atoms with Crippen molar-refractivity contribution in [3.8, 4) is 5.69 Å². The van der Waals surface area contributed by atoms with Gasteiger partial charge < -0.3 is 4.74 Å². The van der Waals surface area contributed by atoms with E-state index in [1.54, 1.807) is 6.92 Å². The summed E-state index contributed by atoms with van der Waals surface area (Å²) in [5.41, 5.74) is 0.211. The molecular formula is C15H16F3N3O3S. The molecule has 0 aliphatic heterocycles. The SMILES string of the molecule is CCOC(=O)Nc1ccc(-n2ccc(C(F)(F)F)n2)cc1CS(C)=O. The van der Waals surface area contributed by atoms with Crippen LogP contribution in [0.3, 0.4) is 0 Å². The topological polar surface area (TPSA) is 73.2 Å². The molecule has 6 nitrogen and oxygen atoms in total. The Hall–Kier alpha value is -2.36. The molecule has 2 aromatic rings. The Bertz CT molecular complexity index is 790. The van der Waals surface area contributed by atoms with E-state index in [2.05, 4.69) is 10.4 Å². The average molecular weight is 375 g/mol. The molecule has 0 spiro atoms. The van der Waals surface area contributed by atoms with E-state index >= 15 is 0 Å². The Morgan fingerprint density at radius 2 is 2.08 bits per heavy atom. The number of benzene rings is 1. The van der Waals surface area contributed by atoms with Gasteiger partial charge in [0.15, 0.2) is 5.69 Å². The molecule has 0 saturated heterocycles. The molecule has 0 bridgehead atoms. The number of rotatable bonds is 5. The fourth-order valence-corrected chi connectivity index (χ4v) is 2.76. The predicted molar refractivity (Wildman–Crippen MR) is 87.0 cm³/mol. The van der Waals surface area contributed by atoms with Crippen molar-refractivity contribution in [1.29, 1.82) is 0 Å². The zero-order valence-electron chi connectivity index (χ0n) is 13.5. The van der Waals surface area contributed by atoms with Gasteiger partial charge in [-0.15, -0.1) is 0 Å². The van der Waals surface area contributed by atoms with Crippen molar-refractivity contribution in [2.24, 2.45) is 0 Å². The van der Waals surface area contributed by atoms with Crippen LogP contribution in [0.2, 0.25) is 0 Å². The number of carbonyl (C=O) groups is 1. The lowest BCUT2D eigenvalue weighted by atomic mass is 10.2. The molecule has 1 N–H and O–H groups in total. The predicted octanol–water partition coefficient (Wildman–Crippen LogP) is 3.34. The number of nitrogens with one attached hydrogen (secondary N) is 1. The van der Waals surface area contributed by atoms with Crippen molar-refractivity contribution in [3.63, 3.8) is 0 Å². The highest BCUT2D eigenvalue weighted by molar-refractivity contribution is 7.83. The van der Waals surface area contributed by atoms with Gasteiger partial charge in [0.2, 0.25) is 0 Å². The molecule has 1 aromatic carbocycles. The molecule has 1 unspecified atom stereocenters. The number of amides is 1. The summed E-state index contributed by atoms with van der Waals surface area (Å²) in [5, 5.41) is 6.02. The van der Waals surface area contributed by atoms with Gasteiger partial charge in [-0.3, -0.25) is 9.53 Å². The Kier molecular flexibility index (Phi) is 5.83. The van der Waals surface area contributed by atoms with Crippen LogP contribution in [-0.4, -0.2) is 32.9 Å². The standard InChI is InChI=1S/C15H16F3N3O3S/c1-3-24-14(22)19-12-5-4-11(8-10(12)9-25(2)23)21-7-6-13(20-21)15(16,17)18/h4-8H,3,9H2,1-2H3,(H,19,22). The van der Waals surface area contributed by atoms with Gasteiger partial charge in [-0.1, -0.05) is 0 Å². The van der Waals surface area contributed by atoms with Gasteiger partial charge in [-0.05, 0) is 36.8 Å². The first-order chi connectivity index (χ1) is 11.7. The maximum Gasteiger partial charge on any atom is 0.435 e. The molecule has 0 aliphatic carbocycles. The molecule has 0 radical (unpaired) electrons. The first-order valence-corrected chi connectivity index (χ1v) is 8.93. The minimum atomic E-state index is -4.54. The largest absolute Gasteiger partial charge is 0.450 e. The molecule has 1 atom stereocenters. The van der Waals surface area contributed by atoms with E-state index in [4.69, 9.17) is 4.74 Å². The van der Waals surface area contributed by atoms with E-state index in [0.717, 1.165) is 10.7 Å². The van der Waals surface area contributed by atoms with Gasteiger partial charge in [-0.25, -0.2) is 9.48 Å². The lowest BCUT2D eigenvalue weighted by Crippen LogP contribution is -2.15. The Morgan fingerprint density at radius 1 is 1.36 bits per heavy atom. The molecule has 1 heterocycles. The lowest BCUT2D eigenvalue weighted by molar-refractivity contribution is -0.141. The van der Waals surface area contributed by atoms with E-state index in [0.29, 0.717) is 16.9 Å². The number of hydrogen-bond acceptors (Lipinski definition) is 4. The van der Waals surface area contributed by atoms with Crippen molar-refractivity contribution >= 4 is 22.6 Å². The Morgan fingerprint density at radius 3 is 2.64 bits per heavy atom. The third-order valence-corrected chi connectivity index (χ3v) is 3.82. The van der Waals surface area contributed by atoms with Crippen LogP contribution in [0.15, 0.2) is 30.5 Å². The molecular weight excluding hydrogens is 359 g/mol. The van der Waals surface area contributed by atoms with Crippen LogP contribution in [0.5, 0.6) is 0 Å². The zero-order valence-corrected chi connectivity index (χ0v) is 14.3. The Balaban J connectivity index is 2.36. The molecule has 0 aliphatic rings. The van der Waals surface area contributed by atoms with Gasteiger partial charge in [-0.2, -0.15) is 18.3 Å². The van der Waals surface area contributed by atoms with Crippen LogP contribution in [0.25, 0.3) is 5.69 Å². The van der Waals surface area contributed by atoms with Crippen molar-refractivity contribution in [2.45, 2.75) is 18.9 Å². The number of carbonyl (C=O) groups excluding carboxylic acids is 1. The van der Waals surface area contributed by atoms with Gasteiger partial charge >= 0.3 is 12.3 Å². The van der Waals surface area contributed by atoms with Crippen LogP contribution in [-0.2, 0) is 27.5 Å². The van der Waals surface area contributed by atoms with E-state index in [-0.39, 0.29) is 12.4 Å². The summed E-state index contributed by atoms with van der Waals surface area (Å²) in [6.45, 7) is 1.84. The van der Waals surface area contributed by atoms with Crippen molar-refractivity contribution in [1.82, 2.24) is 9.78 Å². The molecule has 1 aromatic heterocycles. The average Bonchev–Trinajstić information content (AvgIpc) is 2.98. The van der Waals surface area contributed by atoms with E-state index < -0.39 is 28.8 Å². The maximum absolute atomic E-state index is 12.7. The van der Waals surface area contributed by atoms with Crippen molar-refractivity contribution in [3.05, 3.63) is 41.7 Å². The van der Waals surface area contributed by atoms with E-state index in [1.165, 1.54) is 30.7 Å². The molecule has 0 fully saturated rings. The number of anilines is 1. The van der Waals surface area contributed by atoms with Crippen molar-refractivity contribution < 1.29 is 26.9 Å². The number of hydrogen-bond donors (Lipinski definition) is 1. The smallest absolute Gasteiger partial charge is 0.435 e. The number of aromatic nitrogens is 2. The second kappa shape index (κ2) is 7.68. The van der Waals surface area contributed by atoms with Crippen LogP contribution in [0.4, 0.5) is 23.7 Å². The number of alkyl halides is 3. The highest BCUT2D eigenvalue weighted by atomic mass is 32.2. The normalized spacial score (nSPS) is 12.7. The minimum Gasteiger partial charge on any atom is -0.450 e. The van der Waals surface area contributed by atoms with Gasteiger partial charge in [0, 0.05) is 28.9 Å². The quantitative estimate of drug-likeness (QED) is 0.870. The van der Waals surface area contributed by atoms with Crippen LogP contribution in [0.1, 0.15) is 18.2 Å². The summed E-state index contributed by atoms with van der Waals surface area (Å²) in [4.78, 5) is 11.6. The van der Waals surface area contributed by atoms with Crippen LogP contribution < -0.4 is 5.32 Å². The van der Waals surface area contributed by atoms with Crippen molar-refractivity contribution in [2.75, 3.05) is 18.2 Å². The molecule has 0 saturated carbocycles. The second-order valence-corrected chi connectivity index (χ2v) is 6.48. The molecule has 25 heavy (non-hydrogen) atoms. The fourth-order valence-electron chi connectivity index (χ4n) is 2.08. The lowest BCUT2D eigenvalue weighted by Gasteiger charge is -2.12. The van der Waals surface area contributed by atoms with Crippen LogP contribution >= 0.6 is 0 Å². The summed E-state index contributed by atoms with van der Waals surface area (Å²) in [7, 11) is -1.22. The fraction of sp³-hybridized carbons (Fsp3) is 0.333. The van der Waals surface area contributed by atoms with Gasteiger partial charge in [0.05, 0.1) is 18.0 Å². The monoisotopic (exact) mass is 375 g/mol. The third kappa shape index (κ3) is 5.05. The molecule has 2 rings (SSSR count). The number of halogens is 3. The summed E-state index contributed by atoms with van der Waals surface area (Å²) in [6, 6.07) is 5.39. The first-order valence-electron chi connectivity index (χ1n) is 7.20. The summed E-state index contributed by atoms with van der Waals surface area (Å²) in [6.07, 6.45) is -2.54. The third-order valence-electron chi connectivity index (χ3n) is 3.10. The van der Waals surface area contributed by atoms with Gasteiger partial charge in [0.1, 0.15) is 0 Å². The summed E-state index contributed by atoms with van der Waals surface area (Å²) < 4.78 is 55.4. The van der Waals surface area contributed by atoms with E-state index in [9.17, 15) is 22.2 Å². The van der Waals surface area contributed by atoms with E-state index in [1.807, 2.05) is 0 Å². The number of ether oxygens (including phenoxy) is 1. The van der Waals surface area contributed by atoms with Gasteiger partial charge in [0.25, 0.3) is 0 Å². The maximum atomic E-state index is 12.7. The highest BCUT2D eigenvalue weighted by Gasteiger charge is 2.33. The molecule has 10 heteroatoms. The highest BCUT2D eigenvalue weighted by Crippen LogP contribution is 2.28. The summed E-state index contributed by atoms with van der Waals surface area (Å²) in [5.74, 6) is 0.114. The summed E-state index contributed by atoms with van der Waals surface area (Å²) >= 11 is 0. The molecule has 136 valence electrons. The second-order valence-electron chi connectivity index (χ2n) is 5.05. The first kappa shape index (κ1) is 19.0. The Labute approximate surface area is 144 Å². The zero-order chi connectivity index (χ0) is 18.6.